The number of carbonyl (C=O) groups excluding carboxylic acids is 5. The number of aliphatic hydroxyl groups excluding tert-OH is 1. The molecule has 20 heteroatoms. The number of methoxy groups -OCH3 is 3. The maximum absolute atomic E-state index is 15.1. The Bertz CT molecular complexity index is 2470. The van der Waals surface area contributed by atoms with Gasteiger partial charge in [-0.3, -0.25) is 24.5 Å². The van der Waals surface area contributed by atoms with E-state index in [1.165, 1.54) is 36.3 Å². The number of carbonyl (C=O) groups is 5. The van der Waals surface area contributed by atoms with E-state index in [1.54, 1.807) is 21.1 Å². The van der Waals surface area contributed by atoms with Crippen LogP contribution in [-0.4, -0.2) is 146 Å². The monoisotopic (exact) mass is 1190 g/mol. The van der Waals surface area contributed by atoms with Gasteiger partial charge in [-0.1, -0.05) is 91.8 Å². The second-order valence-corrected chi connectivity index (χ2v) is 29.0. The van der Waals surface area contributed by atoms with E-state index in [4.69, 9.17) is 37.6 Å². The molecule has 470 valence electrons. The van der Waals surface area contributed by atoms with Gasteiger partial charge in [0.1, 0.15) is 30.1 Å². The number of rotatable bonds is 14. The van der Waals surface area contributed by atoms with Gasteiger partial charge in [-0.25, -0.2) is 9.59 Å². The summed E-state index contributed by atoms with van der Waals surface area (Å²) in [6, 6.07) is 6.05. The number of ether oxygens (including phenoxy) is 7. The molecule has 19 nitrogen and oxygen atoms in total. The zero-order chi connectivity index (χ0) is 62.1. The molecule has 1 aliphatic carbocycles. The van der Waals surface area contributed by atoms with Gasteiger partial charge in [0.15, 0.2) is 14.1 Å². The van der Waals surface area contributed by atoms with E-state index in [0.717, 1.165) is 23.7 Å². The summed E-state index contributed by atoms with van der Waals surface area (Å²) in [7, 11) is 2.16. The third-order valence-electron chi connectivity index (χ3n) is 18.4. The van der Waals surface area contributed by atoms with Crippen LogP contribution in [-0.2, 0) is 52.0 Å². The summed E-state index contributed by atoms with van der Waals surface area (Å²) >= 11 is 0. The Labute approximate surface area is 499 Å². The molecule has 4 aliphatic rings. The minimum absolute atomic E-state index is 0.00971. The molecule has 2 saturated heterocycles. The van der Waals surface area contributed by atoms with E-state index in [-0.39, 0.29) is 54.9 Å². The molecule has 3 aliphatic heterocycles. The summed E-state index contributed by atoms with van der Waals surface area (Å²) in [5.41, 5.74) is 1.31. The van der Waals surface area contributed by atoms with Gasteiger partial charge >= 0.3 is 12.1 Å². The molecule has 0 radical (unpaired) electrons. The van der Waals surface area contributed by atoms with Crippen molar-refractivity contribution in [2.75, 3.05) is 27.9 Å². The normalized spacial score (nSPS) is 34.8. The molecule has 3 fully saturated rings. The number of amides is 1. The molecule has 0 spiro atoms. The van der Waals surface area contributed by atoms with Crippen molar-refractivity contribution in [2.24, 2.45) is 35.5 Å². The second kappa shape index (κ2) is 32.7. The minimum Gasteiger partial charge on any atom is -0.460 e. The van der Waals surface area contributed by atoms with E-state index in [2.05, 4.69) is 20.8 Å². The fourth-order valence-corrected chi connectivity index (χ4v) is 15.5. The Morgan fingerprint density at radius 2 is 1.52 bits per heavy atom. The number of aliphatic hydroxyl groups is 2. The van der Waals surface area contributed by atoms with Crippen LogP contribution in [0, 0.1) is 45.6 Å². The smallest absolute Gasteiger partial charge is 0.460 e. The summed E-state index contributed by atoms with van der Waals surface area (Å²) in [6.45, 7) is 19.5. The standard InChI is InChI=1S/C64H98N2O17Si/c1-14-84(15-2,16-3)83-58-45(9)35-42(6)55(81-63(72)79-49-30-27-48(28-31-49)66(74)75)39-54(43(7)36-47-26-32-52(67)56(37-47)77-12)80-62(71)51-24-20-21-33-65(51)61(70)60(69)64(73)46(10)25-29-50(82-64)38-53(76-11)41(5)23-19-17-18-22-40(4)34-44(8)57(68)59(58)78-13/h17-19,22-23,27-28,30-31,35,40,42-44,46-47,50-56,58-59,67,73H,14-16,20-21,24-26,29,32-34,36-39H2,1-13H3/b19-17+,22-18+,41-23+,45-35+/t40-,42-,43-,44-,46-,47+,50+,51+,52-,53+,54+,55-,56-,58-,59+,64-/m1/s1. The quantitative estimate of drug-likeness (QED) is 0.0334. The van der Waals surface area contributed by atoms with Crippen LogP contribution in [0.1, 0.15) is 146 Å². The lowest BCUT2D eigenvalue weighted by molar-refractivity contribution is -0.384. The molecule has 1 saturated carbocycles. The maximum Gasteiger partial charge on any atom is 0.514 e. The topological polar surface area (TPSA) is 246 Å². The van der Waals surface area contributed by atoms with Gasteiger partial charge in [-0.2, -0.15) is 0 Å². The molecular weight excluding hydrogens is 1100 g/mol. The fraction of sp³-hybridized carbons (Fsp3) is 0.703. The van der Waals surface area contributed by atoms with Crippen molar-refractivity contribution in [1.82, 2.24) is 4.90 Å². The number of piperidine rings is 1. The predicted octanol–water partition coefficient (Wildman–Crippen LogP) is 11.1. The van der Waals surface area contributed by atoms with E-state index in [0.29, 0.717) is 63.4 Å². The molecule has 5 rings (SSSR count). The number of nitro benzene ring substituents is 1. The molecule has 0 aromatic heterocycles. The van der Waals surface area contributed by atoms with Gasteiger partial charge in [-0.15, -0.1) is 0 Å². The fourth-order valence-electron chi connectivity index (χ4n) is 12.7. The second-order valence-electron chi connectivity index (χ2n) is 24.3. The lowest BCUT2D eigenvalue weighted by Gasteiger charge is -2.43. The third kappa shape index (κ3) is 18.5. The van der Waals surface area contributed by atoms with Gasteiger partial charge < -0.3 is 52.7 Å². The van der Waals surface area contributed by atoms with Crippen LogP contribution in [0.2, 0.25) is 18.1 Å². The average molecular weight is 1200 g/mol. The summed E-state index contributed by atoms with van der Waals surface area (Å²) in [5.74, 6) is -7.98. The Kier molecular flexibility index (Phi) is 27.2. The van der Waals surface area contributed by atoms with Crippen LogP contribution in [0.5, 0.6) is 5.75 Å². The van der Waals surface area contributed by atoms with Crippen molar-refractivity contribution in [3.63, 3.8) is 0 Å². The Morgan fingerprint density at radius 1 is 0.833 bits per heavy atom. The Hall–Kier alpha value is -4.93. The molecule has 2 N–H and O–H groups in total. The summed E-state index contributed by atoms with van der Waals surface area (Å²) in [4.78, 5) is 85.4. The number of hydrogen-bond donors (Lipinski definition) is 2. The predicted molar refractivity (Wildman–Crippen MR) is 320 cm³/mol. The highest BCUT2D eigenvalue weighted by Gasteiger charge is 2.53. The number of allylic oxidation sites excluding steroid dienone is 5. The molecule has 3 heterocycles. The van der Waals surface area contributed by atoms with Crippen molar-refractivity contribution >= 4 is 43.6 Å². The third-order valence-corrected chi connectivity index (χ3v) is 23.0. The Morgan fingerprint density at radius 3 is 2.15 bits per heavy atom. The number of ketones is 2. The van der Waals surface area contributed by atoms with Gasteiger partial charge in [0, 0.05) is 70.6 Å². The zero-order valence-electron chi connectivity index (χ0n) is 52.2. The number of esters is 1. The van der Waals surface area contributed by atoms with Crippen LogP contribution in [0.4, 0.5) is 10.5 Å². The van der Waals surface area contributed by atoms with Gasteiger partial charge in [-0.05, 0) is 137 Å². The molecular formula is C64H98N2O17Si. The highest BCUT2D eigenvalue weighted by atomic mass is 28.4. The maximum atomic E-state index is 15.1. The first-order chi connectivity index (χ1) is 39.9. The zero-order valence-corrected chi connectivity index (χ0v) is 53.2. The lowest BCUT2D eigenvalue weighted by atomic mass is 9.78. The highest BCUT2D eigenvalue weighted by molar-refractivity contribution is 6.73. The molecule has 1 aromatic carbocycles. The lowest BCUT2D eigenvalue weighted by Crippen LogP contribution is -2.61. The van der Waals surface area contributed by atoms with Gasteiger partial charge in [0.05, 0.1) is 35.4 Å². The van der Waals surface area contributed by atoms with E-state index in [9.17, 15) is 39.5 Å². The first kappa shape index (κ1) is 69.8. The molecule has 0 unspecified atom stereocenters. The SMILES string of the molecule is CC[Si](CC)(CC)O[C@@H]1/C(C)=C/[C@@H](C)[C@H](OC(=O)Oc2ccc([N+](=O)[O-])cc2)C[C@@H]([C@H](C)C[C@@H]2CC[C@@H](O)[C@H](OC)C2)OC(=O)[C@@H]2CCCCN2C(=O)C(=O)[C@]2(O)O[C@@H](CC[C@H]2C)C[C@H](OC)/C(C)=C/C=C/C=C/[C@@H](C)C[C@@H](C)C(=O)[C@@H]1OC. The number of nitro groups is 1. The van der Waals surface area contributed by atoms with Gasteiger partial charge in [0.2, 0.25) is 5.79 Å². The molecule has 84 heavy (non-hydrogen) atoms. The Balaban J connectivity index is 1.66. The summed E-state index contributed by atoms with van der Waals surface area (Å²) in [5, 5.41) is 34.5. The van der Waals surface area contributed by atoms with Crippen LogP contribution in [0.3, 0.4) is 0 Å². The van der Waals surface area contributed by atoms with E-state index in [1.807, 2.05) is 78.0 Å². The number of fused-ring (bicyclic) bond motifs is 3. The van der Waals surface area contributed by atoms with E-state index < -0.39 is 121 Å². The van der Waals surface area contributed by atoms with Crippen molar-refractivity contribution in [3.05, 3.63) is 82.0 Å². The van der Waals surface area contributed by atoms with Crippen molar-refractivity contribution in [3.8, 4) is 5.75 Å². The van der Waals surface area contributed by atoms with Crippen LogP contribution in [0.15, 0.2) is 71.9 Å². The van der Waals surface area contributed by atoms with Crippen LogP contribution >= 0.6 is 0 Å². The van der Waals surface area contributed by atoms with Crippen LogP contribution < -0.4 is 4.74 Å². The minimum atomic E-state index is -2.49. The van der Waals surface area contributed by atoms with Crippen molar-refractivity contribution in [1.29, 1.82) is 0 Å². The number of nitrogens with zero attached hydrogens (tertiary/aromatic N) is 2. The number of Topliss-reactive ketones (excluding diaryl/α,β-unsaturated/α-hetero) is 2. The average Bonchev–Trinajstić information content (AvgIpc) is 1.85. The molecule has 1 amide bonds. The molecule has 16 atom stereocenters. The van der Waals surface area contributed by atoms with E-state index >= 15 is 4.79 Å². The number of cyclic esters (lactones) is 1. The molecule has 1 aromatic rings. The largest absolute Gasteiger partial charge is 0.514 e. The highest BCUT2D eigenvalue weighted by Crippen LogP contribution is 2.39. The number of benzene rings is 1. The number of hydrogen-bond acceptors (Lipinski definition) is 17. The van der Waals surface area contributed by atoms with Crippen molar-refractivity contribution in [2.45, 2.75) is 225 Å². The first-order valence-corrected chi connectivity index (χ1v) is 33.2. The summed E-state index contributed by atoms with van der Waals surface area (Å²) < 4.78 is 49.8. The van der Waals surface area contributed by atoms with Crippen molar-refractivity contribution < 1.29 is 76.7 Å². The first-order valence-electron chi connectivity index (χ1n) is 30.6. The molecule has 2 bridgehead atoms. The summed E-state index contributed by atoms with van der Waals surface area (Å²) in [6.07, 6.45) is 9.22. The van der Waals surface area contributed by atoms with Gasteiger partial charge in [0.25, 0.3) is 17.4 Å². The van der Waals surface area contributed by atoms with Crippen LogP contribution in [0.25, 0.3) is 0 Å². The number of non-ortho nitro benzene ring substituents is 1.